The first kappa shape index (κ1) is 28.6. The Kier molecular flexibility index (Phi) is 6.42. The number of carbonyl (C=O) groups is 1. The Labute approximate surface area is 229 Å². The molecule has 0 aromatic carbocycles. The summed E-state index contributed by atoms with van der Waals surface area (Å²) in [5, 5.41) is 33.6. The second-order valence-electron chi connectivity index (χ2n) is 15.8. The summed E-state index contributed by atoms with van der Waals surface area (Å²) in [6, 6.07) is 0. The van der Waals surface area contributed by atoms with Crippen molar-refractivity contribution in [2.75, 3.05) is 0 Å². The van der Waals surface area contributed by atoms with Gasteiger partial charge in [-0.05, 0) is 93.3 Å². The van der Waals surface area contributed by atoms with E-state index in [0.717, 1.165) is 38.5 Å². The number of ether oxygens (including phenoxy) is 2. The van der Waals surface area contributed by atoms with Crippen LogP contribution in [0.25, 0.3) is 0 Å². The molecule has 5 rings (SSSR count). The van der Waals surface area contributed by atoms with E-state index in [2.05, 4.69) is 47.6 Å². The Morgan fingerprint density at radius 1 is 1.03 bits per heavy atom. The van der Waals surface area contributed by atoms with Crippen LogP contribution in [0.2, 0.25) is 0 Å². The average molecular weight is 533 g/mol. The van der Waals surface area contributed by atoms with E-state index in [4.69, 9.17) is 9.47 Å². The van der Waals surface area contributed by atoms with E-state index < -0.39 is 23.4 Å². The molecule has 6 nitrogen and oxygen atoms in total. The van der Waals surface area contributed by atoms with Gasteiger partial charge < -0.3 is 24.8 Å². The zero-order valence-electron chi connectivity index (χ0n) is 25.1. The first-order valence-corrected chi connectivity index (χ1v) is 15.0. The van der Waals surface area contributed by atoms with Gasteiger partial charge in [0.2, 0.25) is 0 Å². The van der Waals surface area contributed by atoms with Crippen LogP contribution < -0.4 is 0 Å². The van der Waals surface area contributed by atoms with E-state index in [0.29, 0.717) is 6.42 Å². The predicted molar refractivity (Wildman–Crippen MR) is 146 cm³/mol. The van der Waals surface area contributed by atoms with Gasteiger partial charge in [0.1, 0.15) is 6.10 Å². The summed E-state index contributed by atoms with van der Waals surface area (Å²) in [6.45, 7) is 18.6. The van der Waals surface area contributed by atoms with E-state index in [1.807, 2.05) is 13.8 Å². The molecule has 0 radical (unpaired) electrons. The number of aliphatic hydroxyl groups excluding tert-OH is 2. The zero-order chi connectivity index (χ0) is 28.3. The van der Waals surface area contributed by atoms with Gasteiger partial charge >= 0.3 is 5.97 Å². The molecule has 4 fully saturated rings. The predicted octanol–water partition coefficient (Wildman–Crippen LogP) is 5.17. The van der Waals surface area contributed by atoms with Gasteiger partial charge in [0, 0.05) is 18.8 Å². The van der Waals surface area contributed by atoms with Crippen molar-refractivity contribution in [3.05, 3.63) is 11.6 Å². The molecule has 1 heterocycles. The monoisotopic (exact) mass is 532 g/mol. The quantitative estimate of drug-likeness (QED) is 0.343. The lowest BCUT2D eigenvalue weighted by atomic mass is 9.40. The van der Waals surface area contributed by atoms with Crippen molar-refractivity contribution >= 4 is 5.97 Å². The third-order valence-electron chi connectivity index (χ3n) is 12.8. The highest BCUT2D eigenvalue weighted by molar-refractivity contribution is 5.66. The summed E-state index contributed by atoms with van der Waals surface area (Å²) in [6.07, 6.45) is 6.48. The second-order valence-corrected chi connectivity index (χ2v) is 15.8. The molecule has 1 aliphatic heterocycles. The molecule has 4 aliphatic carbocycles. The molecule has 3 saturated carbocycles. The molecule has 1 saturated heterocycles. The second kappa shape index (κ2) is 8.53. The van der Waals surface area contributed by atoms with Crippen molar-refractivity contribution in [2.24, 2.45) is 39.4 Å². The van der Waals surface area contributed by atoms with Crippen LogP contribution in [0.15, 0.2) is 11.6 Å². The maximum atomic E-state index is 12.4. The normalized spacial score (nSPS) is 52.0. The molecular weight excluding hydrogens is 480 g/mol. The number of hydrogen-bond acceptors (Lipinski definition) is 6. The van der Waals surface area contributed by atoms with Crippen LogP contribution in [-0.4, -0.2) is 56.9 Å². The number of rotatable bonds is 3. The van der Waals surface area contributed by atoms with Crippen LogP contribution in [0.3, 0.4) is 0 Å². The third kappa shape index (κ3) is 3.75. The van der Waals surface area contributed by atoms with Crippen molar-refractivity contribution < 1.29 is 29.6 Å². The molecule has 2 unspecified atom stereocenters. The SMILES string of the molecule is CC(=O)O[C@H]1CC2C(=CC[C@]3(C)[C@@H]([C@]4(C)CC[C@H](C(C)(C)O)O4)[C@@H](O)C[C@@]23C)[C@@]2(C)CC[C@H](O)C(C)(C)C12. The molecule has 216 valence electrons. The molecule has 0 aromatic heterocycles. The molecule has 0 bridgehead atoms. The van der Waals surface area contributed by atoms with Gasteiger partial charge in [-0.15, -0.1) is 0 Å². The van der Waals surface area contributed by atoms with Gasteiger partial charge in [-0.2, -0.15) is 0 Å². The maximum absolute atomic E-state index is 12.4. The molecule has 0 amide bonds. The highest BCUT2D eigenvalue weighted by Crippen LogP contribution is 2.74. The molecule has 0 aromatic rings. The highest BCUT2D eigenvalue weighted by atomic mass is 16.5. The zero-order valence-corrected chi connectivity index (χ0v) is 25.1. The van der Waals surface area contributed by atoms with Crippen molar-refractivity contribution in [3.8, 4) is 0 Å². The summed E-state index contributed by atoms with van der Waals surface area (Å²) < 4.78 is 12.8. The van der Waals surface area contributed by atoms with Crippen LogP contribution in [0, 0.1) is 39.4 Å². The molecule has 5 aliphatic rings. The van der Waals surface area contributed by atoms with Crippen molar-refractivity contribution in [1.82, 2.24) is 0 Å². The van der Waals surface area contributed by atoms with E-state index in [-0.39, 0.29) is 57.6 Å². The van der Waals surface area contributed by atoms with Crippen molar-refractivity contribution in [2.45, 2.75) is 143 Å². The Bertz CT molecular complexity index is 1010. The van der Waals surface area contributed by atoms with Crippen molar-refractivity contribution in [1.29, 1.82) is 0 Å². The molecular formula is C32H52O6. The third-order valence-corrected chi connectivity index (χ3v) is 12.8. The molecule has 3 N–H and O–H groups in total. The Morgan fingerprint density at radius 2 is 1.68 bits per heavy atom. The van der Waals surface area contributed by atoms with Crippen LogP contribution in [-0.2, 0) is 14.3 Å². The Balaban J connectivity index is 1.58. The van der Waals surface area contributed by atoms with Gasteiger partial charge in [0.15, 0.2) is 0 Å². The van der Waals surface area contributed by atoms with E-state index in [9.17, 15) is 20.1 Å². The van der Waals surface area contributed by atoms with E-state index in [1.54, 1.807) is 0 Å². The van der Waals surface area contributed by atoms with E-state index in [1.165, 1.54) is 12.5 Å². The largest absolute Gasteiger partial charge is 0.462 e. The number of allylic oxidation sites excluding steroid dienone is 2. The number of hydrogen-bond donors (Lipinski definition) is 3. The minimum atomic E-state index is -0.923. The van der Waals surface area contributed by atoms with Gasteiger partial charge in [-0.25, -0.2) is 0 Å². The molecule has 6 heteroatoms. The highest BCUT2D eigenvalue weighted by Gasteiger charge is 2.71. The maximum Gasteiger partial charge on any atom is 0.302 e. The lowest BCUT2D eigenvalue weighted by Crippen LogP contribution is -2.63. The molecule has 38 heavy (non-hydrogen) atoms. The van der Waals surface area contributed by atoms with Gasteiger partial charge in [-0.3, -0.25) is 4.79 Å². The standard InChI is InChI=1S/C32H52O6/c1-18(33)37-22-16-20-19(29(6)13-11-23(35)27(2,3)26(22)29)10-14-30(7)25(21(34)17-31(20,30)8)32(9)15-12-24(38-32)28(4,5)36/h10,20-26,34-36H,11-17H2,1-9H3/t20?,21-,22-,23-,24+,25-,26?,29+,30+,31-,32-/m0/s1. The fourth-order valence-corrected chi connectivity index (χ4v) is 10.9. The van der Waals surface area contributed by atoms with Crippen LogP contribution >= 0.6 is 0 Å². The number of esters is 1. The summed E-state index contributed by atoms with van der Waals surface area (Å²) >= 11 is 0. The van der Waals surface area contributed by atoms with Crippen LogP contribution in [0.4, 0.5) is 0 Å². The fourth-order valence-electron chi connectivity index (χ4n) is 10.9. The number of aliphatic hydroxyl groups is 3. The number of fused-ring (bicyclic) bond motifs is 5. The van der Waals surface area contributed by atoms with Crippen LogP contribution in [0.1, 0.15) is 107 Å². The fraction of sp³-hybridized carbons (Fsp3) is 0.906. The average Bonchev–Trinajstić information content (AvgIpc) is 3.26. The van der Waals surface area contributed by atoms with Crippen molar-refractivity contribution in [3.63, 3.8) is 0 Å². The van der Waals surface area contributed by atoms with E-state index >= 15 is 0 Å². The Hall–Kier alpha value is -0.950. The van der Waals surface area contributed by atoms with Gasteiger partial charge in [0.25, 0.3) is 0 Å². The molecule has 11 atom stereocenters. The van der Waals surface area contributed by atoms with Crippen LogP contribution in [0.5, 0.6) is 0 Å². The first-order valence-electron chi connectivity index (χ1n) is 15.0. The minimum Gasteiger partial charge on any atom is -0.462 e. The summed E-state index contributed by atoms with van der Waals surface area (Å²) in [5.74, 6) is -0.123. The lowest BCUT2D eigenvalue weighted by Gasteiger charge is -2.65. The molecule has 0 spiro atoms. The van der Waals surface area contributed by atoms with Gasteiger partial charge in [0.05, 0.1) is 29.5 Å². The summed E-state index contributed by atoms with van der Waals surface area (Å²) in [4.78, 5) is 12.4. The summed E-state index contributed by atoms with van der Waals surface area (Å²) in [5.41, 5.74) is -0.965. The smallest absolute Gasteiger partial charge is 0.302 e. The summed E-state index contributed by atoms with van der Waals surface area (Å²) in [7, 11) is 0. The Morgan fingerprint density at radius 3 is 2.26 bits per heavy atom. The lowest BCUT2D eigenvalue weighted by molar-refractivity contribution is -0.194. The first-order chi connectivity index (χ1) is 17.3. The topological polar surface area (TPSA) is 96.2 Å². The van der Waals surface area contributed by atoms with Gasteiger partial charge in [-0.1, -0.05) is 46.3 Å². The minimum absolute atomic E-state index is 0.0310. The number of carbonyl (C=O) groups excluding carboxylic acids is 1.